The number of nitrogens with one attached hydrogen (secondary N) is 1. The topological polar surface area (TPSA) is 79.6 Å². The maximum atomic E-state index is 12.4. The molecule has 0 aliphatic rings. The third kappa shape index (κ3) is 4.83. The molecule has 1 aromatic carbocycles. The molecule has 1 unspecified atom stereocenters. The molecule has 0 fully saturated rings. The molecule has 24 heavy (non-hydrogen) atoms. The number of benzene rings is 1. The lowest BCUT2D eigenvalue weighted by Crippen LogP contribution is -2.42. The number of sulfonamides is 1. The van der Waals surface area contributed by atoms with Gasteiger partial charge in [-0.15, -0.1) is 0 Å². The van der Waals surface area contributed by atoms with Crippen LogP contribution in [-0.2, 0) is 21.2 Å². The van der Waals surface area contributed by atoms with Crippen molar-refractivity contribution in [2.45, 2.75) is 24.3 Å². The maximum Gasteiger partial charge on any atom is 0.243 e. The second-order valence-electron chi connectivity index (χ2n) is 5.47. The summed E-state index contributed by atoms with van der Waals surface area (Å²) < 4.78 is 31.0. The fourth-order valence-corrected chi connectivity index (χ4v) is 3.43. The van der Waals surface area contributed by atoms with Gasteiger partial charge in [-0.1, -0.05) is 11.6 Å². The lowest BCUT2D eigenvalue weighted by molar-refractivity contribution is -0.121. The zero-order valence-corrected chi connectivity index (χ0v) is 15.0. The molecule has 0 saturated heterocycles. The number of carbonyl (C=O) groups is 1. The number of hydrogen-bond donors (Lipinski definition) is 1. The van der Waals surface area contributed by atoms with Crippen LogP contribution in [0.4, 0.5) is 0 Å². The molecule has 1 N–H and O–H groups in total. The van der Waals surface area contributed by atoms with Gasteiger partial charge in [-0.25, -0.2) is 8.42 Å². The van der Waals surface area contributed by atoms with Crippen LogP contribution in [0.5, 0.6) is 0 Å². The first kappa shape index (κ1) is 18.5. The number of amides is 1. The quantitative estimate of drug-likeness (QED) is 0.811. The summed E-state index contributed by atoms with van der Waals surface area (Å²) in [6.07, 6.45) is 2.10. The van der Waals surface area contributed by atoms with Gasteiger partial charge >= 0.3 is 0 Å². The zero-order valence-electron chi connectivity index (χ0n) is 13.4. The van der Waals surface area contributed by atoms with Crippen molar-refractivity contribution < 1.29 is 17.6 Å². The molecule has 1 heterocycles. The highest BCUT2D eigenvalue weighted by molar-refractivity contribution is 7.89. The van der Waals surface area contributed by atoms with Crippen molar-refractivity contribution >= 4 is 27.5 Å². The molecule has 2 rings (SSSR count). The van der Waals surface area contributed by atoms with E-state index in [1.54, 1.807) is 12.3 Å². The molecule has 130 valence electrons. The highest BCUT2D eigenvalue weighted by atomic mass is 35.5. The normalized spacial score (nSPS) is 13.0. The Bertz CT molecular complexity index is 773. The molecule has 0 saturated carbocycles. The monoisotopic (exact) mass is 370 g/mol. The molecule has 0 bridgehead atoms. The number of hydrogen-bond acceptors (Lipinski definition) is 4. The molecule has 1 aromatic heterocycles. The second-order valence-corrected chi connectivity index (χ2v) is 7.95. The Morgan fingerprint density at radius 1 is 1.29 bits per heavy atom. The van der Waals surface area contributed by atoms with Gasteiger partial charge in [0.05, 0.1) is 17.7 Å². The Labute approximate surface area is 146 Å². The van der Waals surface area contributed by atoms with Gasteiger partial charge in [0.1, 0.15) is 5.76 Å². The largest absolute Gasteiger partial charge is 0.469 e. The highest BCUT2D eigenvalue weighted by Gasteiger charge is 2.23. The number of nitrogens with zero attached hydrogens (tertiary/aromatic N) is 1. The van der Waals surface area contributed by atoms with Gasteiger partial charge < -0.3 is 9.73 Å². The third-order valence-electron chi connectivity index (χ3n) is 3.38. The van der Waals surface area contributed by atoms with Gasteiger partial charge in [0.2, 0.25) is 15.9 Å². The molecular weight excluding hydrogens is 352 g/mol. The lowest BCUT2D eigenvalue weighted by Gasteiger charge is -2.19. The number of carbonyl (C=O) groups excluding carboxylic acids is 1. The molecule has 0 aliphatic heterocycles. The average molecular weight is 371 g/mol. The molecule has 8 heteroatoms. The van der Waals surface area contributed by atoms with Gasteiger partial charge in [0.25, 0.3) is 0 Å². The van der Waals surface area contributed by atoms with E-state index < -0.39 is 10.0 Å². The van der Waals surface area contributed by atoms with Crippen LogP contribution in [0.25, 0.3) is 0 Å². The predicted octanol–water partition coefficient (Wildman–Crippen LogP) is 2.30. The van der Waals surface area contributed by atoms with Crippen LogP contribution in [0.1, 0.15) is 12.7 Å². The summed E-state index contributed by atoms with van der Waals surface area (Å²) in [4.78, 5) is 12.1. The van der Waals surface area contributed by atoms with Crippen LogP contribution in [0.15, 0.2) is 52.0 Å². The van der Waals surface area contributed by atoms with Crippen LogP contribution in [0.3, 0.4) is 0 Å². The van der Waals surface area contributed by atoms with Crippen LogP contribution in [-0.4, -0.2) is 38.3 Å². The van der Waals surface area contributed by atoms with Gasteiger partial charge in [-0.3, -0.25) is 4.79 Å². The highest BCUT2D eigenvalue weighted by Crippen LogP contribution is 2.17. The molecular formula is C16H19ClN2O4S. The number of rotatable bonds is 7. The Morgan fingerprint density at radius 2 is 1.96 bits per heavy atom. The molecule has 2 aromatic rings. The van der Waals surface area contributed by atoms with Crippen molar-refractivity contribution in [2.24, 2.45) is 0 Å². The summed E-state index contributed by atoms with van der Waals surface area (Å²) in [5.74, 6) is 0.374. The van der Waals surface area contributed by atoms with E-state index in [0.29, 0.717) is 11.4 Å². The minimum absolute atomic E-state index is 0.0887. The van der Waals surface area contributed by atoms with Gasteiger partial charge in [0.15, 0.2) is 0 Å². The van der Waals surface area contributed by atoms with Crippen LogP contribution in [0.2, 0.25) is 5.02 Å². The molecule has 0 aliphatic carbocycles. The first-order valence-corrected chi connectivity index (χ1v) is 9.14. The summed E-state index contributed by atoms with van der Waals surface area (Å²) >= 11 is 5.76. The van der Waals surface area contributed by atoms with E-state index in [0.717, 1.165) is 10.1 Å². The summed E-state index contributed by atoms with van der Waals surface area (Å²) in [7, 11) is -2.38. The molecule has 0 radical (unpaired) electrons. The number of furan rings is 1. The van der Waals surface area contributed by atoms with Crippen molar-refractivity contribution in [3.8, 4) is 0 Å². The van der Waals surface area contributed by atoms with E-state index in [1.807, 2.05) is 13.0 Å². The summed E-state index contributed by atoms with van der Waals surface area (Å²) in [5.41, 5.74) is 0. The lowest BCUT2D eigenvalue weighted by atomic mass is 10.2. The van der Waals surface area contributed by atoms with Crippen LogP contribution < -0.4 is 5.32 Å². The third-order valence-corrected chi connectivity index (χ3v) is 5.45. The smallest absolute Gasteiger partial charge is 0.243 e. The Morgan fingerprint density at radius 3 is 2.54 bits per heavy atom. The fourth-order valence-electron chi connectivity index (χ4n) is 2.18. The Balaban J connectivity index is 1.93. The first-order chi connectivity index (χ1) is 11.3. The minimum Gasteiger partial charge on any atom is -0.469 e. The number of likely N-dealkylation sites (N-methyl/N-ethyl adjacent to an activating group) is 1. The summed E-state index contributed by atoms with van der Waals surface area (Å²) in [6.45, 7) is 1.56. The zero-order chi connectivity index (χ0) is 17.7. The van der Waals surface area contributed by atoms with E-state index in [4.69, 9.17) is 16.0 Å². The first-order valence-electron chi connectivity index (χ1n) is 7.32. The van der Waals surface area contributed by atoms with E-state index in [-0.39, 0.29) is 23.4 Å². The minimum atomic E-state index is -3.74. The van der Waals surface area contributed by atoms with Crippen molar-refractivity contribution in [3.05, 3.63) is 53.4 Å². The molecule has 6 nitrogen and oxygen atoms in total. The predicted molar refractivity (Wildman–Crippen MR) is 91.3 cm³/mol. The Hall–Kier alpha value is -1.83. The van der Waals surface area contributed by atoms with Gasteiger partial charge in [0, 0.05) is 24.5 Å². The molecule has 1 amide bonds. The summed E-state index contributed by atoms with van der Waals surface area (Å²) in [6, 6.07) is 9.23. The Kier molecular flexibility index (Phi) is 6.04. The van der Waals surface area contributed by atoms with Crippen molar-refractivity contribution in [1.82, 2.24) is 9.62 Å². The second kappa shape index (κ2) is 7.83. The fraction of sp³-hybridized carbons (Fsp3) is 0.312. The van der Waals surface area contributed by atoms with Crippen LogP contribution >= 0.6 is 11.6 Å². The van der Waals surface area contributed by atoms with Crippen LogP contribution in [0, 0.1) is 0 Å². The van der Waals surface area contributed by atoms with E-state index in [1.165, 1.54) is 31.3 Å². The maximum absolute atomic E-state index is 12.4. The average Bonchev–Trinajstić information content (AvgIpc) is 3.00. The molecule has 1 atom stereocenters. The van der Waals surface area contributed by atoms with Crippen molar-refractivity contribution in [1.29, 1.82) is 0 Å². The van der Waals surface area contributed by atoms with Gasteiger partial charge in [-0.2, -0.15) is 4.31 Å². The van der Waals surface area contributed by atoms with E-state index >= 15 is 0 Å². The van der Waals surface area contributed by atoms with Gasteiger partial charge in [-0.05, 0) is 43.3 Å². The summed E-state index contributed by atoms with van der Waals surface area (Å²) in [5, 5.41) is 3.20. The van der Waals surface area contributed by atoms with Crippen molar-refractivity contribution in [3.63, 3.8) is 0 Å². The molecule has 0 spiro atoms. The number of halogens is 1. The SMILES string of the molecule is CC(Cc1ccco1)NC(=O)CN(C)S(=O)(=O)c1ccc(Cl)cc1. The van der Waals surface area contributed by atoms with Crippen molar-refractivity contribution in [2.75, 3.05) is 13.6 Å². The van der Waals surface area contributed by atoms with E-state index in [9.17, 15) is 13.2 Å². The van der Waals surface area contributed by atoms with E-state index in [2.05, 4.69) is 5.32 Å². The standard InChI is InChI=1S/C16H19ClN2O4S/c1-12(10-14-4-3-9-23-14)18-16(20)11-19(2)24(21,22)15-7-5-13(17)6-8-15/h3-9,12H,10-11H2,1-2H3,(H,18,20).